The van der Waals surface area contributed by atoms with Gasteiger partial charge in [0.25, 0.3) is 0 Å². The Hall–Kier alpha value is -3.02. The summed E-state index contributed by atoms with van der Waals surface area (Å²) in [5.74, 6) is 0.0782. The molecule has 0 aliphatic carbocycles. The Morgan fingerprint density at radius 2 is 1.15 bits per heavy atom. The van der Waals surface area contributed by atoms with Crippen LogP contribution in [-0.4, -0.2) is 28.4 Å². The molecule has 0 aromatic heterocycles. The Kier molecular flexibility index (Phi) is 6.30. The van der Waals surface area contributed by atoms with E-state index < -0.39 is 12.2 Å². The summed E-state index contributed by atoms with van der Waals surface area (Å²) in [5.41, 5.74) is 2.77. The van der Waals surface area contributed by atoms with Crippen LogP contribution in [0.3, 0.4) is 0 Å². The van der Waals surface area contributed by atoms with Crippen molar-refractivity contribution in [1.29, 1.82) is 0 Å². The second-order valence-corrected chi connectivity index (χ2v) is 6.31. The zero-order chi connectivity index (χ0) is 19.1. The van der Waals surface area contributed by atoms with Gasteiger partial charge in [0.15, 0.2) is 0 Å². The van der Waals surface area contributed by atoms with Gasteiger partial charge in [0.05, 0.1) is 17.9 Å². The molecule has 2 unspecified atom stereocenters. The molecule has 27 heavy (non-hydrogen) atoms. The Labute approximate surface area is 158 Å². The zero-order valence-corrected chi connectivity index (χ0v) is 14.9. The van der Waals surface area contributed by atoms with E-state index in [1.165, 1.54) is 0 Å². The van der Waals surface area contributed by atoms with Gasteiger partial charge in [0, 0.05) is 13.1 Å². The van der Waals surface area contributed by atoms with Crippen molar-refractivity contribution >= 4 is 11.4 Å². The van der Waals surface area contributed by atoms with Crippen molar-refractivity contribution in [3.8, 4) is 5.75 Å². The molecule has 5 heteroatoms. The number of aliphatic hydroxyl groups is 2. The van der Waals surface area contributed by atoms with Crippen LogP contribution in [0.5, 0.6) is 5.75 Å². The quantitative estimate of drug-likeness (QED) is 0.394. The summed E-state index contributed by atoms with van der Waals surface area (Å²) in [6.45, 7) is 0.543. The van der Waals surface area contributed by atoms with Crippen LogP contribution in [0.2, 0.25) is 0 Å². The van der Waals surface area contributed by atoms with Crippen LogP contribution in [0.4, 0.5) is 11.4 Å². The van der Waals surface area contributed by atoms with Crippen LogP contribution in [0.15, 0.2) is 78.9 Å². The van der Waals surface area contributed by atoms with E-state index in [2.05, 4.69) is 10.6 Å². The number of anilines is 2. The first-order valence-electron chi connectivity index (χ1n) is 8.91. The first-order valence-corrected chi connectivity index (χ1v) is 8.91. The van der Waals surface area contributed by atoms with Crippen molar-refractivity contribution in [2.75, 3.05) is 23.7 Å². The van der Waals surface area contributed by atoms with Crippen molar-refractivity contribution in [1.82, 2.24) is 0 Å². The number of nitrogens with one attached hydrogen (secondary N) is 2. The van der Waals surface area contributed by atoms with Gasteiger partial charge in [0.2, 0.25) is 0 Å². The summed E-state index contributed by atoms with van der Waals surface area (Å²) in [6.07, 6.45) is -1.37. The number of phenolic OH excluding ortho intramolecular Hbond substituents is 1. The summed E-state index contributed by atoms with van der Waals surface area (Å²) in [6, 6.07) is 23.9. The maximum absolute atomic E-state index is 10.3. The summed E-state index contributed by atoms with van der Waals surface area (Å²) >= 11 is 0. The molecule has 0 bridgehead atoms. The predicted octanol–water partition coefficient (Wildman–Crippen LogP) is 3.68. The molecule has 0 spiro atoms. The molecule has 0 saturated carbocycles. The predicted molar refractivity (Wildman–Crippen MR) is 108 cm³/mol. The standard InChI is InChI=1S/C22H24N2O3/c25-19-13-7-12-18(23-14-20(26)16-8-3-1-4-9-16)22(19)24-15-21(27)17-10-5-2-6-11-17/h1-13,20-21,23-27H,14-15H2. The minimum Gasteiger partial charge on any atom is -0.506 e. The van der Waals surface area contributed by atoms with Crippen LogP contribution < -0.4 is 10.6 Å². The van der Waals surface area contributed by atoms with Crippen molar-refractivity contribution < 1.29 is 15.3 Å². The highest BCUT2D eigenvalue weighted by Crippen LogP contribution is 2.32. The molecule has 140 valence electrons. The molecule has 5 nitrogen and oxygen atoms in total. The van der Waals surface area contributed by atoms with Crippen molar-refractivity contribution in [3.63, 3.8) is 0 Å². The fourth-order valence-corrected chi connectivity index (χ4v) is 2.86. The summed E-state index contributed by atoms with van der Waals surface area (Å²) in [7, 11) is 0. The van der Waals surface area contributed by atoms with Gasteiger partial charge in [-0.1, -0.05) is 66.7 Å². The van der Waals surface area contributed by atoms with Crippen LogP contribution in [0.25, 0.3) is 0 Å². The lowest BCUT2D eigenvalue weighted by atomic mass is 10.1. The first-order chi connectivity index (χ1) is 13.1. The van der Waals surface area contributed by atoms with Gasteiger partial charge in [0.1, 0.15) is 11.4 Å². The lowest BCUT2D eigenvalue weighted by Crippen LogP contribution is -2.16. The molecule has 0 aliphatic rings. The molecule has 2 atom stereocenters. The molecular weight excluding hydrogens is 340 g/mol. The average molecular weight is 364 g/mol. The average Bonchev–Trinajstić information content (AvgIpc) is 2.72. The van der Waals surface area contributed by atoms with Crippen LogP contribution in [0.1, 0.15) is 23.3 Å². The van der Waals surface area contributed by atoms with Crippen LogP contribution in [0, 0.1) is 0 Å². The van der Waals surface area contributed by atoms with Gasteiger partial charge >= 0.3 is 0 Å². The smallest absolute Gasteiger partial charge is 0.140 e. The Morgan fingerprint density at radius 3 is 1.70 bits per heavy atom. The normalized spacial score (nSPS) is 13.0. The highest BCUT2D eigenvalue weighted by molar-refractivity contribution is 5.75. The van der Waals surface area contributed by atoms with Crippen molar-refractivity contribution in [3.05, 3.63) is 90.0 Å². The molecule has 0 fully saturated rings. The van der Waals surface area contributed by atoms with E-state index in [4.69, 9.17) is 0 Å². The van der Waals surface area contributed by atoms with E-state index in [1.54, 1.807) is 12.1 Å². The number of phenols is 1. The monoisotopic (exact) mass is 364 g/mol. The Morgan fingerprint density at radius 1 is 0.630 bits per heavy atom. The van der Waals surface area contributed by atoms with Crippen LogP contribution >= 0.6 is 0 Å². The summed E-state index contributed by atoms with van der Waals surface area (Å²) in [4.78, 5) is 0. The van der Waals surface area contributed by atoms with Gasteiger partial charge < -0.3 is 26.0 Å². The van der Waals surface area contributed by atoms with Crippen molar-refractivity contribution in [2.24, 2.45) is 0 Å². The maximum atomic E-state index is 10.3. The van der Waals surface area contributed by atoms with E-state index in [1.807, 2.05) is 66.7 Å². The fourth-order valence-electron chi connectivity index (χ4n) is 2.86. The number of benzene rings is 3. The number of aromatic hydroxyl groups is 1. The molecule has 3 rings (SSSR count). The largest absolute Gasteiger partial charge is 0.506 e. The van der Waals surface area contributed by atoms with Crippen molar-refractivity contribution in [2.45, 2.75) is 12.2 Å². The third-order valence-electron chi connectivity index (χ3n) is 4.37. The second kappa shape index (κ2) is 9.07. The van der Waals surface area contributed by atoms with Gasteiger partial charge in [-0.25, -0.2) is 0 Å². The summed E-state index contributed by atoms with van der Waals surface area (Å²) < 4.78 is 0. The number of hydrogen-bond donors (Lipinski definition) is 5. The molecule has 3 aromatic carbocycles. The van der Waals surface area contributed by atoms with E-state index in [-0.39, 0.29) is 12.3 Å². The molecule has 0 saturated heterocycles. The summed E-state index contributed by atoms with van der Waals surface area (Å²) in [5, 5.41) is 37.1. The molecule has 0 amide bonds. The van der Waals surface area contributed by atoms with Gasteiger partial charge in [-0.05, 0) is 23.3 Å². The van der Waals surface area contributed by atoms with Gasteiger partial charge in [-0.2, -0.15) is 0 Å². The number of rotatable bonds is 8. The van der Waals surface area contributed by atoms with Gasteiger partial charge in [-0.15, -0.1) is 0 Å². The SMILES string of the molecule is Oc1cccc(NCC(O)c2ccccc2)c1NCC(O)c1ccccc1. The molecule has 0 aliphatic heterocycles. The maximum Gasteiger partial charge on any atom is 0.140 e. The second-order valence-electron chi connectivity index (χ2n) is 6.31. The minimum absolute atomic E-state index is 0.0782. The lowest BCUT2D eigenvalue weighted by Gasteiger charge is -2.19. The third kappa shape index (κ3) is 5.00. The number of aliphatic hydroxyl groups excluding tert-OH is 2. The lowest BCUT2D eigenvalue weighted by molar-refractivity contribution is 0.190. The molecule has 0 heterocycles. The molecular formula is C22H24N2O3. The molecule has 3 aromatic rings. The van der Waals surface area contributed by atoms with Crippen LogP contribution in [-0.2, 0) is 0 Å². The van der Waals surface area contributed by atoms with Gasteiger partial charge in [-0.3, -0.25) is 0 Å². The highest BCUT2D eigenvalue weighted by Gasteiger charge is 2.13. The number of hydrogen-bond acceptors (Lipinski definition) is 5. The number of para-hydroxylation sites is 1. The Bertz CT molecular complexity index is 841. The highest BCUT2D eigenvalue weighted by atomic mass is 16.3. The minimum atomic E-state index is -0.700. The third-order valence-corrected chi connectivity index (χ3v) is 4.37. The molecule has 0 radical (unpaired) electrons. The fraction of sp³-hybridized carbons (Fsp3) is 0.182. The van der Waals surface area contributed by atoms with E-state index in [9.17, 15) is 15.3 Å². The molecule has 5 N–H and O–H groups in total. The van der Waals surface area contributed by atoms with E-state index in [0.717, 1.165) is 11.1 Å². The Balaban J connectivity index is 1.65. The topological polar surface area (TPSA) is 84.8 Å². The first kappa shape index (κ1) is 18.8. The zero-order valence-electron chi connectivity index (χ0n) is 14.9. The van der Waals surface area contributed by atoms with E-state index in [0.29, 0.717) is 17.9 Å². The van der Waals surface area contributed by atoms with E-state index >= 15 is 0 Å².